The Balaban J connectivity index is 2.21. The second-order valence-corrected chi connectivity index (χ2v) is 6.27. The first-order chi connectivity index (χ1) is 10.1. The Morgan fingerprint density at radius 3 is 2.52 bits per heavy atom. The van der Waals surface area contributed by atoms with Crippen LogP contribution in [0.15, 0.2) is 53.4 Å². The Bertz CT molecular complexity index is 654. The Morgan fingerprint density at radius 1 is 1.19 bits per heavy atom. The van der Waals surface area contributed by atoms with Crippen molar-refractivity contribution in [3.05, 3.63) is 64.7 Å². The number of ether oxygens (including phenoxy) is 1. The van der Waals surface area contributed by atoms with Gasteiger partial charge in [-0.25, -0.2) is 4.79 Å². The van der Waals surface area contributed by atoms with Gasteiger partial charge in [0.05, 0.1) is 16.4 Å². The normalized spacial score (nSPS) is 10.2. The van der Waals surface area contributed by atoms with Gasteiger partial charge < -0.3 is 4.74 Å². The minimum Gasteiger partial charge on any atom is -0.462 e. The monoisotopic (exact) mass is 336 g/mol. The molecule has 0 aliphatic rings. The smallest absolute Gasteiger partial charge is 0.339 e. The SMILES string of the molecule is CCOC(=O)c1ccccc1SC(=S)c1ccc(Cl)cc1. The van der Waals surface area contributed by atoms with Gasteiger partial charge in [0.2, 0.25) is 0 Å². The van der Waals surface area contributed by atoms with Crippen LogP contribution >= 0.6 is 35.6 Å². The molecule has 0 heterocycles. The number of thiocarbonyl (C=S) groups is 1. The van der Waals surface area contributed by atoms with E-state index in [1.807, 2.05) is 30.3 Å². The molecule has 0 atom stereocenters. The molecular weight excluding hydrogens is 324 g/mol. The van der Waals surface area contributed by atoms with E-state index in [2.05, 4.69) is 0 Å². The Kier molecular flexibility index (Phi) is 5.79. The molecule has 0 amide bonds. The Labute approximate surface area is 138 Å². The molecule has 108 valence electrons. The number of carbonyl (C=O) groups is 1. The molecule has 0 radical (unpaired) electrons. The molecular formula is C16H13ClO2S2. The van der Waals surface area contributed by atoms with Crippen molar-refractivity contribution in [3.8, 4) is 0 Å². The minimum absolute atomic E-state index is 0.334. The molecule has 2 aromatic rings. The van der Waals surface area contributed by atoms with Crippen LogP contribution in [0.5, 0.6) is 0 Å². The predicted molar refractivity (Wildman–Crippen MR) is 91.4 cm³/mol. The summed E-state index contributed by atoms with van der Waals surface area (Å²) >= 11 is 12.7. The molecule has 2 nitrogen and oxygen atoms in total. The second kappa shape index (κ2) is 7.59. The maximum absolute atomic E-state index is 11.9. The molecule has 0 fully saturated rings. The van der Waals surface area contributed by atoms with Crippen LogP contribution in [0.4, 0.5) is 0 Å². The van der Waals surface area contributed by atoms with Crippen molar-refractivity contribution in [2.24, 2.45) is 0 Å². The number of hydrogen-bond donors (Lipinski definition) is 0. The van der Waals surface area contributed by atoms with Crippen LogP contribution < -0.4 is 0 Å². The lowest BCUT2D eigenvalue weighted by Crippen LogP contribution is -2.06. The van der Waals surface area contributed by atoms with Gasteiger partial charge in [-0.05, 0) is 36.8 Å². The highest BCUT2D eigenvalue weighted by Gasteiger charge is 2.14. The molecule has 0 aliphatic carbocycles. The van der Waals surface area contributed by atoms with Crippen LogP contribution in [0.1, 0.15) is 22.8 Å². The zero-order chi connectivity index (χ0) is 15.2. The molecule has 0 saturated carbocycles. The maximum Gasteiger partial charge on any atom is 0.339 e. The van der Waals surface area contributed by atoms with E-state index in [-0.39, 0.29) is 5.97 Å². The largest absolute Gasteiger partial charge is 0.462 e. The first-order valence-electron chi connectivity index (χ1n) is 6.35. The van der Waals surface area contributed by atoms with Gasteiger partial charge in [-0.2, -0.15) is 0 Å². The highest BCUT2D eigenvalue weighted by atomic mass is 35.5. The summed E-state index contributed by atoms with van der Waals surface area (Å²) in [6.45, 7) is 2.13. The topological polar surface area (TPSA) is 26.3 Å². The molecule has 0 bridgehead atoms. The summed E-state index contributed by atoms with van der Waals surface area (Å²) in [4.78, 5) is 12.7. The molecule has 2 aromatic carbocycles. The van der Waals surface area contributed by atoms with E-state index in [0.29, 0.717) is 21.4 Å². The van der Waals surface area contributed by atoms with Crippen LogP contribution in [0, 0.1) is 0 Å². The zero-order valence-corrected chi connectivity index (χ0v) is 13.7. The number of rotatable bonds is 4. The molecule has 0 spiro atoms. The summed E-state index contributed by atoms with van der Waals surface area (Å²) in [6.07, 6.45) is 0. The maximum atomic E-state index is 11.9. The predicted octanol–water partition coefficient (Wildman–Crippen LogP) is 4.98. The van der Waals surface area contributed by atoms with E-state index >= 15 is 0 Å². The fourth-order valence-electron chi connectivity index (χ4n) is 1.68. The van der Waals surface area contributed by atoms with Gasteiger partial charge in [0, 0.05) is 9.92 Å². The summed E-state index contributed by atoms with van der Waals surface area (Å²) < 4.78 is 5.74. The number of benzene rings is 2. The van der Waals surface area contributed by atoms with Crippen LogP contribution in [0.3, 0.4) is 0 Å². The van der Waals surface area contributed by atoms with Crippen LogP contribution in [0.25, 0.3) is 0 Å². The number of halogens is 1. The summed E-state index contributed by atoms with van der Waals surface area (Å²) in [5, 5.41) is 0.665. The fourth-order valence-corrected chi connectivity index (χ4v) is 3.07. The molecule has 0 saturated heterocycles. The van der Waals surface area contributed by atoms with Crippen molar-refractivity contribution < 1.29 is 9.53 Å². The summed E-state index contributed by atoms with van der Waals surface area (Å²) in [6, 6.07) is 14.6. The van der Waals surface area contributed by atoms with E-state index in [1.165, 1.54) is 11.8 Å². The highest BCUT2D eigenvalue weighted by molar-refractivity contribution is 8.23. The zero-order valence-electron chi connectivity index (χ0n) is 11.3. The third-order valence-corrected chi connectivity index (χ3v) is 4.40. The fraction of sp³-hybridized carbons (Fsp3) is 0.125. The molecule has 0 N–H and O–H groups in total. The first-order valence-corrected chi connectivity index (χ1v) is 7.96. The number of carbonyl (C=O) groups excluding carboxylic acids is 1. The van der Waals surface area contributed by atoms with Crippen LogP contribution in [-0.4, -0.2) is 16.8 Å². The van der Waals surface area contributed by atoms with Gasteiger partial charge in [-0.15, -0.1) is 0 Å². The van der Waals surface area contributed by atoms with Crippen LogP contribution in [-0.2, 0) is 4.74 Å². The van der Waals surface area contributed by atoms with Crippen molar-refractivity contribution >= 4 is 45.7 Å². The Hall–Kier alpha value is -1.36. The van der Waals surface area contributed by atoms with E-state index in [9.17, 15) is 4.79 Å². The molecule has 0 aliphatic heterocycles. The van der Waals surface area contributed by atoms with Gasteiger partial charge in [0.1, 0.15) is 0 Å². The molecule has 21 heavy (non-hydrogen) atoms. The van der Waals surface area contributed by atoms with Gasteiger partial charge in [0.15, 0.2) is 0 Å². The molecule has 5 heteroatoms. The Morgan fingerprint density at radius 2 is 1.86 bits per heavy atom. The third-order valence-electron chi connectivity index (χ3n) is 2.66. The van der Waals surface area contributed by atoms with Crippen molar-refractivity contribution in [2.75, 3.05) is 6.61 Å². The van der Waals surface area contributed by atoms with Crippen molar-refractivity contribution in [1.82, 2.24) is 0 Å². The average molecular weight is 337 g/mol. The van der Waals surface area contributed by atoms with Gasteiger partial charge in [0.25, 0.3) is 0 Å². The molecule has 2 rings (SSSR count). The van der Waals surface area contributed by atoms with E-state index in [0.717, 1.165) is 10.5 Å². The highest BCUT2D eigenvalue weighted by Crippen LogP contribution is 2.28. The lowest BCUT2D eigenvalue weighted by atomic mass is 10.2. The quantitative estimate of drug-likeness (QED) is 0.446. The summed E-state index contributed by atoms with van der Waals surface area (Å²) in [7, 11) is 0. The van der Waals surface area contributed by atoms with E-state index in [1.54, 1.807) is 25.1 Å². The lowest BCUT2D eigenvalue weighted by molar-refractivity contribution is 0.0522. The number of thioether (sulfide) groups is 1. The summed E-state index contributed by atoms with van der Waals surface area (Å²) in [5.74, 6) is -0.334. The standard InChI is InChI=1S/C16H13ClO2S2/c1-2-19-15(18)13-5-3-4-6-14(13)21-16(20)11-7-9-12(17)10-8-11/h3-10H,2H2,1H3. The van der Waals surface area contributed by atoms with E-state index in [4.69, 9.17) is 28.6 Å². The van der Waals surface area contributed by atoms with Gasteiger partial charge in [-0.3, -0.25) is 0 Å². The lowest BCUT2D eigenvalue weighted by Gasteiger charge is -2.09. The van der Waals surface area contributed by atoms with Crippen molar-refractivity contribution in [2.45, 2.75) is 11.8 Å². The minimum atomic E-state index is -0.334. The van der Waals surface area contributed by atoms with Crippen molar-refractivity contribution in [3.63, 3.8) is 0 Å². The van der Waals surface area contributed by atoms with Gasteiger partial charge >= 0.3 is 5.97 Å². The average Bonchev–Trinajstić information content (AvgIpc) is 2.48. The number of hydrogen-bond acceptors (Lipinski definition) is 4. The first kappa shape index (κ1) is 16.0. The van der Waals surface area contributed by atoms with Crippen molar-refractivity contribution in [1.29, 1.82) is 0 Å². The molecule has 0 aromatic heterocycles. The van der Waals surface area contributed by atoms with Gasteiger partial charge in [-0.1, -0.05) is 59.8 Å². The summed E-state index contributed by atoms with van der Waals surface area (Å²) in [5.41, 5.74) is 1.43. The molecule has 0 unspecified atom stereocenters. The van der Waals surface area contributed by atoms with Crippen LogP contribution in [0.2, 0.25) is 5.02 Å². The van der Waals surface area contributed by atoms with E-state index < -0.39 is 0 Å². The number of esters is 1. The third kappa shape index (κ3) is 4.30. The second-order valence-electron chi connectivity index (χ2n) is 4.11.